The fraction of sp³-hybridized carbons (Fsp3) is 0.231. The summed E-state index contributed by atoms with van der Waals surface area (Å²) in [7, 11) is 0. The topological polar surface area (TPSA) is 141 Å². The van der Waals surface area contributed by atoms with E-state index in [9.17, 15) is 4.79 Å². The smallest absolute Gasteiger partial charge is 0.362 e. The summed E-state index contributed by atoms with van der Waals surface area (Å²) in [6, 6.07) is 9.70. The highest BCUT2D eigenvalue weighted by molar-refractivity contribution is 5.90. The number of tetrazole rings is 1. The lowest BCUT2D eigenvalue weighted by molar-refractivity contribution is 0.0685. The van der Waals surface area contributed by atoms with Crippen molar-refractivity contribution in [3.8, 4) is 0 Å². The van der Waals surface area contributed by atoms with Crippen molar-refractivity contribution in [2.45, 2.75) is 19.9 Å². The summed E-state index contributed by atoms with van der Waals surface area (Å²) < 4.78 is 11.4. The second-order valence-corrected chi connectivity index (χ2v) is 4.67. The van der Waals surface area contributed by atoms with Crippen molar-refractivity contribution in [1.29, 1.82) is 0 Å². The van der Waals surface area contributed by atoms with E-state index in [1.165, 1.54) is 4.68 Å². The van der Waals surface area contributed by atoms with E-state index >= 15 is 0 Å². The van der Waals surface area contributed by atoms with Crippen LogP contribution in [0.3, 0.4) is 0 Å². The molecule has 0 fully saturated rings. The van der Waals surface area contributed by atoms with Crippen molar-refractivity contribution in [2.24, 2.45) is 0 Å². The van der Waals surface area contributed by atoms with Gasteiger partial charge < -0.3 is 15.2 Å². The van der Waals surface area contributed by atoms with Crippen LogP contribution in [0, 0.1) is 0 Å². The number of benzene rings is 1. The predicted octanol–water partition coefficient (Wildman–Crippen LogP) is 0.541. The van der Waals surface area contributed by atoms with E-state index in [2.05, 4.69) is 35.8 Å². The quantitative estimate of drug-likeness (QED) is 0.600. The van der Waals surface area contributed by atoms with Crippen molar-refractivity contribution >= 4 is 11.8 Å². The number of aromatic carboxylic acids is 1. The first-order valence-electron chi connectivity index (χ1n) is 6.90. The van der Waals surface area contributed by atoms with Gasteiger partial charge in [0.05, 0.1) is 6.61 Å². The maximum atomic E-state index is 10.9. The lowest BCUT2D eigenvalue weighted by atomic mass is 10.2. The van der Waals surface area contributed by atoms with Gasteiger partial charge in [0.2, 0.25) is 11.5 Å². The molecule has 2 aromatic heterocycles. The number of carbonyl (C=O) groups is 1. The molecule has 3 rings (SSSR count). The van der Waals surface area contributed by atoms with Crippen LogP contribution in [0.2, 0.25) is 0 Å². The van der Waals surface area contributed by atoms with Gasteiger partial charge in [-0.1, -0.05) is 30.3 Å². The number of rotatable bonds is 8. The zero-order chi connectivity index (χ0) is 16.8. The zero-order valence-corrected chi connectivity index (χ0v) is 12.4. The summed E-state index contributed by atoms with van der Waals surface area (Å²) in [6.45, 7) is 0.718. The van der Waals surface area contributed by atoms with Crippen LogP contribution in [0.4, 0.5) is 5.82 Å². The molecule has 2 heterocycles. The molecule has 11 heteroatoms. The minimum atomic E-state index is -1.25. The van der Waals surface area contributed by atoms with E-state index in [1.807, 2.05) is 30.3 Å². The number of anilines is 1. The van der Waals surface area contributed by atoms with Crippen LogP contribution < -0.4 is 5.32 Å². The maximum Gasteiger partial charge on any atom is 0.362 e. The number of aromatic nitrogens is 6. The molecule has 0 bridgehead atoms. The molecule has 2 N–H and O–H groups in total. The molecule has 0 saturated heterocycles. The highest BCUT2D eigenvalue weighted by Crippen LogP contribution is 2.09. The molecule has 1 aromatic carbocycles. The number of hydrogen-bond acceptors (Lipinski definition) is 9. The molecular weight excluding hydrogens is 318 g/mol. The van der Waals surface area contributed by atoms with E-state index < -0.39 is 5.97 Å². The summed E-state index contributed by atoms with van der Waals surface area (Å²) >= 11 is 0. The van der Waals surface area contributed by atoms with E-state index in [0.717, 1.165) is 5.56 Å². The van der Waals surface area contributed by atoms with Crippen LogP contribution in [-0.4, -0.2) is 41.6 Å². The number of carboxylic acids is 1. The van der Waals surface area contributed by atoms with Crippen LogP contribution in [-0.2, 0) is 24.6 Å². The average molecular weight is 331 g/mol. The van der Waals surface area contributed by atoms with Crippen molar-refractivity contribution in [3.05, 3.63) is 47.4 Å². The normalized spacial score (nSPS) is 10.7. The molecule has 0 saturated carbocycles. The van der Waals surface area contributed by atoms with Gasteiger partial charge in [-0.15, -0.1) is 5.10 Å². The van der Waals surface area contributed by atoms with E-state index in [4.69, 9.17) is 9.84 Å². The number of nitrogens with zero attached hydrogens (tertiary/aromatic N) is 6. The average Bonchev–Trinajstić information content (AvgIpc) is 3.23. The molecule has 0 radical (unpaired) electrons. The lowest BCUT2D eigenvalue weighted by Gasteiger charge is -2.06. The third-order valence-electron chi connectivity index (χ3n) is 3.04. The Labute approximate surface area is 135 Å². The Balaban J connectivity index is 1.55. The van der Waals surface area contributed by atoms with Gasteiger partial charge in [0.25, 0.3) is 0 Å². The molecule has 0 aliphatic carbocycles. The van der Waals surface area contributed by atoms with Gasteiger partial charge in [0.1, 0.15) is 13.3 Å². The summed E-state index contributed by atoms with van der Waals surface area (Å²) in [6.07, 6.45) is 0. The third-order valence-corrected chi connectivity index (χ3v) is 3.04. The van der Waals surface area contributed by atoms with E-state index in [-0.39, 0.29) is 24.8 Å². The summed E-state index contributed by atoms with van der Waals surface area (Å²) in [5, 5.41) is 29.7. The fourth-order valence-electron chi connectivity index (χ4n) is 1.88. The number of ether oxygens (including phenoxy) is 1. The minimum Gasteiger partial charge on any atom is -0.476 e. The Morgan fingerprint density at radius 2 is 2.08 bits per heavy atom. The monoisotopic (exact) mass is 331 g/mol. The minimum absolute atomic E-state index is 0.00541. The first-order chi connectivity index (χ1) is 11.7. The highest BCUT2D eigenvalue weighted by atomic mass is 16.6. The Bertz CT molecular complexity index is 802. The highest BCUT2D eigenvalue weighted by Gasteiger charge is 2.17. The van der Waals surface area contributed by atoms with E-state index in [1.54, 1.807) is 0 Å². The Kier molecular flexibility index (Phi) is 4.72. The molecule has 124 valence electrons. The molecular formula is C13H13N7O4. The Morgan fingerprint density at radius 1 is 1.25 bits per heavy atom. The van der Waals surface area contributed by atoms with Crippen molar-refractivity contribution in [1.82, 2.24) is 30.5 Å². The largest absolute Gasteiger partial charge is 0.476 e. The van der Waals surface area contributed by atoms with Crippen molar-refractivity contribution in [2.75, 3.05) is 5.32 Å². The van der Waals surface area contributed by atoms with Gasteiger partial charge in [-0.3, -0.25) is 0 Å². The maximum absolute atomic E-state index is 10.9. The zero-order valence-electron chi connectivity index (χ0n) is 12.4. The summed E-state index contributed by atoms with van der Waals surface area (Å²) in [4.78, 5) is 10.9. The number of hydrogen-bond donors (Lipinski definition) is 2. The molecule has 11 nitrogen and oxygen atoms in total. The van der Waals surface area contributed by atoms with Gasteiger partial charge in [-0.2, -0.15) is 0 Å². The van der Waals surface area contributed by atoms with Crippen LogP contribution in [0.25, 0.3) is 0 Å². The van der Waals surface area contributed by atoms with Gasteiger partial charge in [0, 0.05) is 0 Å². The number of carboxylic acid groups (broad SMARTS) is 1. The Morgan fingerprint density at radius 3 is 2.88 bits per heavy atom. The summed E-state index contributed by atoms with van der Waals surface area (Å²) in [5.41, 5.74) is 0.722. The van der Waals surface area contributed by atoms with Gasteiger partial charge >= 0.3 is 5.97 Å². The standard InChI is InChI=1S/C13H13N7O4/c21-13(22)11-12(17-24-16-11)14-8-20-10(15-18-19-20)7-23-6-9-4-2-1-3-5-9/h1-5H,6-8H2,(H,14,17)(H,21,22). The van der Waals surface area contributed by atoms with Gasteiger partial charge in [0.15, 0.2) is 5.82 Å². The van der Waals surface area contributed by atoms with Crippen LogP contribution in [0.1, 0.15) is 21.9 Å². The van der Waals surface area contributed by atoms with Crippen molar-refractivity contribution in [3.63, 3.8) is 0 Å². The molecule has 3 aromatic rings. The van der Waals surface area contributed by atoms with Crippen LogP contribution in [0.5, 0.6) is 0 Å². The van der Waals surface area contributed by atoms with Crippen LogP contribution >= 0.6 is 0 Å². The number of nitrogens with one attached hydrogen (secondary N) is 1. The Hall–Kier alpha value is -3.34. The molecule has 0 atom stereocenters. The first-order valence-corrected chi connectivity index (χ1v) is 6.90. The molecule has 24 heavy (non-hydrogen) atoms. The predicted molar refractivity (Wildman–Crippen MR) is 77.6 cm³/mol. The van der Waals surface area contributed by atoms with Gasteiger partial charge in [-0.05, 0) is 26.3 Å². The lowest BCUT2D eigenvalue weighted by Crippen LogP contribution is -2.15. The second kappa shape index (κ2) is 7.28. The summed E-state index contributed by atoms with van der Waals surface area (Å²) in [5.74, 6) is -0.775. The van der Waals surface area contributed by atoms with Crippen LogP contribution in [0.15, 0.2) is 35.0 Å². The second-order valence-electron chi connectivity index (χ2n) is 4.67. The fourth-order valence-corrected chi connectivity index (χ4v) is 1.88. The molecule has 0 amide bonds. The first kappa shape index (κ1) is 15.6. The molecule has 0 spiro atoms. The molecule has 0 unspecified atom stereocenters. The van der Waals surface area contributed by atoms with Crippen molar-refractivity contribution < 1.29 is 19.3 Å². The molecule has 0 aliphatic rings. The third kappa shape index (κ3) is 3.70. The van der Waals surface area contributed by atoms with Gasteiger partial charge in [-0.25, -0.2) is 14.1 Å². The molecule has 0 aliphatic heterocycles. The SMILES string of the molecule is O=C(O)c1nonc1NCn1nnnc1COCc1ccccc1. The van der Waals surface area contributed by atoms with E-state index in [0.29, 0.717) is 12.4 Å².